The molecule has 0 heterocycles. The molecule has 3 atom stereocenters. The van der Waals surface area contributed by atoms with Crippen molar-refractivity contribution in [3.63, 3.8) is 0 Å². The Morgan fingerprint density at radius 3 is 1.21 bits per heavy atom. The van der Waals surface area contributed by atoms with Gasteiger partial charge in [-0.05, 0) is 51.4 Å². The minimum Gasteiger partial charge on any atom is -0.462 e. The predicted molar refractivity (Wildman–Crippen MR) is 270 cm³/mol. The first-order valence-corrected chi connectivity index (χ1v) is 28.4. The zero-order valence-electron chi connectivity index (χ0n) is 42.4. The van der Waals surface area contributed by atoms with Gasteiger partial charge in [-0.1, -0.05) is 218 Å². The molecule has 3 unspecified atom stereocenters. The monoisotopic (exact) mass is 955 g/mol. The van der Waals surface area contributed by atoms with Crippen LogP contribution in [0.15, 0.2) is 36.5 Å². The molecule has 12 heteroatoms. The van der Waals surface area contributed by atoms with Gasteiger partial charge in [0.15, 0.2) is 6.10 Å². The molecule has 0 rings (SSSR count). The number of hydrogen-bond donors (Lipinski definition) is 2. The van der Waals surface area contributed by atoms with Gasteiger partial charge >= 0.3 is 25.7 Å². The largest absolute Gasteiger partial charge is 0.472 e. The number of rotatable bonds is 50. The SMILES string of the molecule is CC/C=C\C/C=C\C/C=C\CCCCCCCCCC(=O)OCC(COP(=O)(O)OCC(CO)OC(=O)CCCCCCCCCCC)OC(=O)CCCCCCCCCCCCCCC. The Kier molecular flexibility index (Phi) is 47.4. The van der Waals surface area contributed by atoms with E-state index in [2.05, 4.69) is 57.2 Å². The summed E-state index contributed by atoms with van der Waals surface area (Å²) in [7, 11) is -4.73. The van der Waals surface area contributed by atoms with E-state index in [1.165, 1.54) is 103 Å². The van der Waals surface area contributed by atoms with Gasteiger partial charge in [-0.25, -0.2) is 4.57 Å². The highest BCUT2D eigenvalue weighted by atomic mass is 31.2. The first-order valence-electron chi connectivity index (χ1n) is 26.9. The van der Waals surface area contributed by atoms with Gasteiger partial charge in [-0.15, -0.1) is 0 Å². The smallest absolute Gasteiger partial charge is 0.462 e. The van der Waals surface area contributed by atoms with Crippen LogP contribution in [0.3, 0.4) is 0 Å². The average molecular weight is 955 g/mol. The van der Waals surface area contributed by atoms with Crippen LogP contribution in [0.2, 0.25) is 0 Å². The number of carbonyl (C=O) groups excluding carboxylic acids is 3. The number of phosphoric ester groups is 1. The standard InChI is InChI=1S/C54H99O11P/c1-4-7-10-13-16-19-21-23-24-25-26-28-29-32-34-37-40-43-52(56)61-47-51(65-54(58)45-42-39-36-33-30-27-22-20-17-14-11-8-5-2)49-63-66(59,60)62-48-50(46-55)64-53(57)44-41-38-35-31-18-15-12-9-6-3/h7,10,16,19,23-24,50-51,55H,4-6,8-9,11-15,17-18,20-22,25-49H2,1-3H3,(H,59,60)/b10-7-,19-16-,24-23-. The molecule has 0 aliphatic carbocycles. The number of ether oxygens (including phenoxy) is 3. The summed E-state index contributed by atoms with van der Waals surface area (Å²) >= 11 is 0. The molecular formula is C54H99O11P. The Balaban J connectivity index is 4.71. The fourth-order valence-corrected chi connectivity index (χ4v) is 8.27. The van der Waals surface area contributed by atoms with E-state index in [1.807, 2.05) is 0 Å². The van der Waals surface area contributed by atoms with Crippen LogP contribution >= 0.6 is 7.82 Å². The summed E-state index contributed by atoms with van der Waals surface area (Å²) in [5.74, 6) is -1.46. The van der Waals surface area contributed by atoms with Gasteiger partial charge < -0.3 is 24.2 Å². The van der Waals surface area contributed by atoms with Gasteiger partial charge in [0.1, 0.15) is 12.7 Å². The molecule has 11 nitrogen and oxygen atoms in total. The Hall–Kier alpha value is -2.30. The van der Waals surface area contributed by atoms with E-state index in [4.69, 9.17) is 23.3 Å². The number of unbranched alkanes of at least 4 members (excludes halogenated alkanes) is 27. The molecule has 0 fully saturated rings. The van der Waals surface area contributed by atoms with Crippen molar-refractivity contribution >= 4 is 25.7 Å². The number of esters is 3. The second-order valence-electron chi connectivity index (χ2n) is 18.0. The van der Waals surface area contributed by atoms with E-state index in [1.54, 1.807) is 0 Å². The highest BCUT2D eigenvalue weighted by molar-refractivity contribution is 7.47. The van der Waals surface area contributed by atoms with E-state index in [9.17, 15) is 28.9 Å². The zero-order valence-corrected chi connectivity index (χ0v) is 43.3. The van der Waals surface area contributed by atoms with Crippen LogP contribution < -0.4 is 0 Å². The molecule has 66 heavy (non-hydrogen) atoms. The number of allylic oxidation sites excluding steroid dienone is 6. The second-order valence-corrected chi connectivity index (χ2v) is 19.5. The zero-order chi connectivity index (χ0) is 48.4. The van der Waals surface area contributed by atoms with Crippen molar-refractivity contribution in [2.45, 2.75) is 264 Å². The molecule has 0 bridgehead atoms. The molecule has 386 valence electrons. The van der Waals surface area contributed by atoms with Gasteiger partial charge in [0.2, 0.25) is 0 Å². The third-order valence-corrected chi connectivity index (χ3v) is 12.5. The minimum atomic E-state index is -4.73. The summed E-state index contributed by atoms with van der Waals surface area (Å²) in [6.07, 6.45) is 48.3. The number of carbonyl (C=O) groups is 3. The minimum absolute atomic E-state index is 0.170. The molecule has 0 aliphatic rings. The Morgan fingerprint density at radius 1 is 0.439 bits per heavy atom. The molecule has 2 N–H and O–H groups in total. The van der Waals surface area contributed by atoms with Gasteiger partial charge in [0, 0.05) is 19.3 Å². The summed E-state index contributed by atoms with van der Waals surface area (Å²) in [6.45, 7) is 4.51. The molecule has 0 amide bonds. The Bertz CT molecular complexity index is 1250. The van der Waals surface area contributed by atoms with Gasteiger partial charge in [-0.2, -0.15) is 0 Å². The number of aliphatic hydroxyl groups is 1. The highest BCUT2D eigenvalue weighted by Gasteiger charge is 2.28. The van der Waals surface area contributed by atoms with Crippen molar-refractivity contribution in [2.75, 3.05) is 26.4 Å². The lowest BCUT2D eigenvalue weighted by molar-refractivity contribution is -0.161. The maximum Gasteiger partial charge on any atom is 0.472 e. The molecule has 0 aromatic heterocycles. The first-order chi connectivity index (χ1) is 32.2. The second kappa shape index (κ2) is 49.1. The van der Waals surface area contributed by atoms with Crippen LogP contribution in [-0.2, 0) is 42.2 Å². The van der Waals surface area contributed by atoms with Crippen LogP contribution in [0.1, 0.15) is 252 Å². The molecule has 0 saturated carbocycles. The Labute approximate surface area is 403 Å². The van der Waals surface area contributed by atoms with E-state index in [-0.39, 0.29) is 25.9 Å². The van der Waals surface area contributed by atoms with Crippen molar-refractivity contribution < 1.29 is 52.2 Å². The summed E-state index contributed by atoms with van der Waals surface area (Å²) in [5.41, 5.74) is 0. The lowest BCUT2D eigenvalue weighted by atomic mass is 10.0. The number of hydrogen-bond acceptors (Lipinski definition) is 10. The van der Waals surface area contributed by atoms with Crippen LogP contribution in [-0.4, -0.2) is 66.5 Å². The highest BCUT2D eigenvalue weighted by Crippen LogP contribution is 2.43. The van der Waals surface area contributed by atoms with Crippen molar-refractivity contribution in [3.8, 4) is 0 Å². The normalized spacial score (nSPS) is 13.7. The first kappa shape index (κ1) is 63.7. The average Bonchev–Trinajstić information content (AvgIpc) is 3.30. The molecule has 0 aromatic rings. The molecule has 0 aromatic carbocycles. The van der Waals surface area contributed by atoms with Crippen LogP contribution in [0.25, 0.3) is 0 Å². The summed E-state index contributed by atoms with van der Waals surface area (Å²) < 4.78 is 39.3. The van der Waals surface area contributed by atoms with E-state index >= 15 is 0 Å². The topological polar surface area (TPSA) is 155 Å². The lowest BCUT2D eigenvalue weighted by Crippen LogP contribution is -2.30. The third-order valence-electron chi connectivity index (χ3n) is 11.6. The van der Waals surface area contributed by atoms with Crippen molar-refractivity contribution in [2.24, 2.45) is 0 Å². The van der Waals surface area contributed by atoms with Crippen molar-refractivity contribution in [1.29, 1.82) is 0 Å². The fraction of sp³-hybridized carbons (Fsp3) is 0.833. The summed E-state index contributed by atoms with van der Waals surface area (Å²) in [4.78, 5) is 48.3. The Morgan fingerprint density at radius 2 is 0.788 bits per heavy atom. The molecule has 0 spiro atoms. The van der Waals surface area contributed by atoms with E-state index < -0.39 is 57.8 Å². The maximum atomic E-state index is 12.8. The van der Waals surface area contributed by atoms with Gasteiger partial charge in [0.25, 0.3) is 0 Å². The third kappa shape index (κ3) is 46.8. The lowest BCUT2D eigenvalue weighted by Gasteiger charge is -2.21. The van der Waals surface area contributed by atoms with Crippen molar-refractivity contribution in [3.05, 3.63) is 36.5 Å². The summed E-state index contributed by atoms with van der Waals surface area (Å²) in [6, 6.07) is 0. The van der Waals surface area contributed by atoms with Gasteiger partial charge in [-0.3, -0.25) is 23.4 Å². The van der Waals surface area contributed by atoms with E-state index in [0.29, 0.717) is 19.3 Å². The number of phosphoric acid groups is 1. The molecule has 0 saturated heterocycles. The number of aliphatic hydroxyl groups excluding tert-OH is 1. The quantitative estimate of drug-likeness (QED) is 0.0197. The van der Waals surface area contributed by atoms with Gasteiger partial charge in [0.05, 0.1) is 19.8 Å². The molecule has 0 aliphatic heterocycles. The predicted octanol–water partition coefficient (Wildman–Crippen LogP) is 15.3. The van der Waals surface area contributed by atoms with E-state index in [0.717, 1.165) is 89.9 Å². The van der Waals surface area contributed by atoms with Crippen LogP contribution in [0.4, 0.5) is 0 Å². The maximum absolute atomic E-state index is 12.8. The fourth-order valence-electron chi connectivity index (χ4n) is 7.49. The van der Waals surface area contributed by atoms with Crippen LogP contribution in [0, 0.1) is 0 Å². The van der Waals surface area contributed by atoms with Crippen LogP contribution in [0.5, 0.6) is 0 Å². The molecular weight excluding hydrogens is 856 g/mol. The molecule has 0 radical (unpaired) electrons. The summed E-state index contributed by atoms with van der Waals surface area (Å²) in [5, 5.41) is 9.75. The van der Waals surface area contributed by atoms with Crippen molar-refractivity contribution in [1.82, 2.24) is 0 Å².